The molecule has 2 aromatic carbocycles. The van der Waals surface area contributed by atoms with Gasteiger partial charge in [0.25, 0.3) is 0 Å². The standard InChI is InChI=1S/C23H23FN2O4/c24-19-4-1-2-5-20(19)25-11-13-26(14-12-25)22(27)6-3-15-29-18-9-7-17-8-10-23(28)30-21(17)16-18/h1-2,4-5,7-10,16H,3,6,11-15H2. The van der Waals surface area contributed by atoms with Crippen LogP contribution in [0.1, 0.15) is 12.8 Å². The summed E-state index contributed by atoms with van der Waals surface area (Å²) in [6.07, 6.45) is 0.978. The van der Waals surface area contributed by atoms with E-state index in [-0.39, 0.29) is 11.7 Å². The fraction of sp³-hybridized carbons (Fsp3) is 0.304. The van der Waals surface area contributed by atoms with Gasteiger partial charge in [0.15, 0.2) is 0 Å². The van der Waals surface area contributed by atoms with Crippen molar-refractivity contribution in [3.63, 3.8) is 0 Å². The Hall–Kier alpha value is -3.35. The van der Waals surface area contributed by atoms with Gasteiger partial charge in [0, 0.05) is 50.1 Å². The smallest absolute Gasteiger partial charge is 0.336 e. The van der Waals surface area contributed by atoms with E-state index in [9.17, 15) is 14.0 Å². The van der Waals surface area contributed by atoms with Crippen molar-refractivity contribution in [3.05, 3.63) is 70.8 Å². The molecule has 6 nitrogen and oxygen atoms in total. The van der Waals surface area contributed by atoms with E-state index in [2.05, 4.69) is 0 Å². The van der Waals surface area contributed by atoms with Gasteiger partial charge in [0.1, 0.15) is 17.1 Å². The molecule has 7 heteroatoms. The van der Waals surface area contributed by atoms with Crippen LogP contribution < -0.4 is 15.3 Å². The predicted molar refractivity (Wildman–Crippen MR) is 112 cm³/mol. The molecular weight excluding hydrogens is 387 g/mol. The zero-order chi connectivity index (χ0) is 20.9. The maximum atomic E-state index is 13.9. The average molecular weight is 410 g/mol. The summed E-state index contributed by atoms with van der Waals surface area (Å²) in [5.74, 6) is 0.446. The highest BCUT2D eigenvalue weighted by Crippen LogP contribution is 2.21. The van der Waals surface area contributed by atoms with Gasteiger partial charge in [-0.1, -0.05) is 12.1 Å². The number of carbonyl (C=O) groups excluding carboxylic acids is 1. The molecule has 0 bridgehead atoms. The van der Waals surface area contributed by atoms with Crippen molar-refractivity contribution in [2.45, 2.75) is 12.8 Å². The maximum absolute atomic E-state index is 13.9. The van der Waals surface area contributed by atoms with Crippen molar-refractivity contribution in [2.75, 3.05) is 37.7 Å². The normalized spacial score (nSPS) is 14.2. The number of hydrogen-bond donors (Lipinski definition) is 0. The molecule has 1 fully saturated rings. The minimum atomic E-state index is -0.402. The highest BCUT2D eigenvalue weighted by molar-refractivity contribution is 5.78. The van der Waals surface area contributed by atoms with Crippen molar-refractivity contribution in [1.82, 2.24) is 4.90 Å². The van der Waals surface area contributed by atoms with E-state index in [1.54, 1.807) is 24.3 Å². The first-order valence-electron chi connectivity index (χ1n) is 10.0. The number of amides is 1. The fourth-order valence-corrected chi connectivity index (χ4v) is 3.61. The molecule has 1 amide bonds. The van der Waals surface area contributed by atoms with Gasteiger partial charge >= 0.3 is 5.63 Å². The summed E-state index contributed by atoms with van der Waals surface area (Å²) in [4.78, 5) is 27.6. The number of rotatable bonds is 6. The third-order valence-electron chi connectivity index (χ3n) is 5.22. The highest BCUT2D eigenvalue weighted by Gasteiger charge is 2.22. The molecule has 0 radical (unpaired) electrons. The molecule has 0 spiro atoms. The second-order valence-electron chi connectivity index (χ2n) is 7.23. The van der Waals surface area contributed by atoms with Crippen LogP contribution in [0.3, 0.4) is 0 Å². The third-order valence-corrected chi connectivity index (χ3v) is 5.22. The van der Waals surface area contributed by atoms with Crippen molar-refractivity contribution in [3.8, 4) is 5.75 Å². The van der Waals surface area contributed by atoms with Crippen LogP contribution >= 0.6 is 0 Å². The minimum Gasteiger partial charge on any atom is -0.493 e. The van der Waals surface area contributed by atoms with E-state index in [1.165, 1.54) is 12.1 Å². The Kier molecular flexibility index (Phi) is 5.97. The van der Waals surface area contributed by atoms with Gasteiger partial charge in [-0.15, -0.1) is 0 Å². The SMILES string of the molecule is O=C(CCCOc1ccc2ccc(=O)oc2c1)N1CCN(c2ccccc2F)CC1. The number of anilines is 1. The molecule has 3 aromatic rings. The van der Waals surface area contributed by atoms with Gasteiger partial charge in [-0.2, -0.15) is 0 Å². The van der Waals surface area contributed by atoms with E-state index in [0.29, 0.717) is 62.6 Å². The van der Waals surface area contributed by atoms with E-state index < -0.39 is 5.63 Å². The number of hydrogen-bond acceptors (Lipinski definition) is 5. The van der Waals surface area contributed by atoms with Crippen molar-refractivity contribution in [1.29, 1.82) is 0 Å². The third kappa shape index (κ3) is 4.62. The summed E-state index contributed by atoms with van der Waals surface area (Å²) in [5.41, 5.74) is 0.661. The van der Waals surface area contributed by atoms with E-state index in [4.69, 9.17) is 9.15 Å². The van der Waals surface area contributed by atoms with Crippen molar-refractivity contribution in [2.24, 2.45) is 0 Å². The monoisotopic (exact) mass is 410 g/mol. The second kappa shape index (κ2) is 8.98. The quantitative estimate of drug-likeness (QED) is 0.460. The molecule has 1 saturated heterocycles. The molecule has 0 unspecified atom stereocenters. The predicted octanol–water partition coefficient (Wildman–Crippen LogP) is 3.44. The molecule has 156 valence electrons. The average Bonchev–Trinajstić information content (AvgIpc) is 2.77. The lowest BCUT2D eigenvalue weighted by molar-refractivity contribution is -0.131. The lowest BCUT2D eigenvalue weighted by atomic mass is 10.2. The van der Waals surface area contributed by atoms with E-state index in [0.717, 1.165) is 5.39 Å². The molecule has 1 aliphatic rings. The fourth-order valence-electron chi connectivity index (χ4n) is 3.61. The molecule has 0 aliphatic carbocycles. The first kappa shape index (κ1) is 19.9. The van der Waals surface area contributed by atoms with Gasteiger partial charge < -0.3 is 19.0 Å². The minimum absolute atomic E-state index is 0.0799. The van der Waals surface area contributed by atoms with Crippen LogP contribution in [0.15, 0.2) is 63.8 Å². The van der Waals surface area contributed by atoms with Crippen molar-refractivity contribution >= 4 is 22.6 Å². The molecule has 30 heavy (non-hydrogen) atoms. The van der Waals surface area contributed by atoms with Gasteiger partial charge in [0.2, 0.25) is 5.91 Å². The summed E-state index contributed by atoms with van der Waals surface area (Å²) in [6, 6.07) is 15.1. The first-order valence-corrected chi connectivity index (χ1v) is 10.0. The Balaban J connectivity index is 1.22. The van der Waals surface area contributed by atoms with Crippen LogP contribution in [0, 0.1) is 5.82 Å². The zero-order valence-corrected chi connectivity index (χ0v) is 16.6. The van der Waals surface area contributed by atoms with Crippen LogP contribution in [0.2, 0.25) is 0 Å². The number of nitrogens with zero attached hydrogens (tertiary/aromatic N) is 2. The number of piperazine rings is 1. The Morgan fingerprint density at radius 2 is 1.80 bits per heavy atom. The molecule has 2 heterocycles. The van der Waals surface area contributed by atoms with E-state index in [1.807, 2.05) is 28.0 Å². The summed E-state index contributed by atoms with van der Waals surface area (Å²) < 4.78 is 24.8. The largest absolute Gasteiger partial charge is 0.493 e. The molecule has 0 atom stereocenters. The Labute approximate surface area is 173 Å². The van der Waals surface area contributed by atoms with Gasteiger partial charge in [-0.05, 0) is 36.8 Å². The summed E-state index contributed by atoms with van der Waals surface area (Å²) in [5, 5.41) is 0.826. The molecule has 1 aromatic heterocycles. The maximum Gasteiger partial charge on any atom is 0.336 e. The lowest BCUT2D eigenvalue weighted by Crippen LogP contribution is -2.49. The molecule has 1 aliphatic heterocycles. The summed E-state index contributed by atoms with van der Waals surface area (Å²) in [6.45, 7) is 2.79. The molecule has 0 N–H and O–H groups in total. The van der Waals surface area contributed by atoms with Gasteiger partial charge in [-0.25, -0.2) is 9.18 Å². The number of fused-ring (bicyclic) bond motifs is 1. The Bertz CT molecular complexity index is 1090. The highest BCUT2D eigenvalue weighted by atomic mass is 19.1. The van der Waals surface area contributed by atoms with Crippen LogP contribution in [-0.2, 0) is 4.79 Å². The molecule has 4 rings (SSSR count). The Morgan fingerprint density at radius 3 is 2.60 bits per heavy atom. The second-order valence-corrected chi connectivity index (χ2v) is 7.23. The van der Waals surface area contributed by atoms with Crippen molar-refractivity contribution < 1.29 is 18.3 Å². The van der Waals surface area contributed by atoms with Crippen LogP contribution in [0.4, 0.5) is 10.1 Å². The number of para-hydroxylation sites is 1. The number of halogens is 1. The van der Waals surface area contributed by atoms with Crippen LogP contribution in [0.5, 0.6) is 5.75 Å². The number of ether oxygens (including phenoxy) is 1. The summed E-state index contributed by atoms with van der Waals surface area (Å²) in [7, 11) is 0. The van der Waals surface area contributed by atoms with Crippen LogP contribution in [0.25, 0.3) is 11.0 Å². The number of carbonyl (C=O) groups is 1. The lowest BCUT2D eigenvalue weighted by Gasteiger charge is -2.36. The molecule has 0 saturated carbocycles. The van der Waals surface area contributed by atoms with Gasteiger partial charge in [0.05, 0.1) is 12.3 Å². The number of benzene rings is 2. The molecular formula is C23H23FN2O4. The van der Waals surface area contributed by atoms with E-state index >= 15 is 0 Å². The van der Waals surface area contributed by atoms with Gasteiger partial charge in [-0.3, -0.25) is 4.79 Å². The van der Waals surface area contributed by atoms with Crippen LogP contribution in [-0.4, -0.2) is 43.6 Å². The zero-order valence-electron chi connectivity index (χ0n) is 16.6. The first-order chi connectivity index (χ1) is 14.6. The summed E-state index contributed by atoms with van der Waals surface area (Å²) >= 11 is 0. The topological polar surface area (TPSA) is 63.0 Å². The Morgan fingerprint density at radius 1 is 1.03 bits per heavy atom.